The summed E-state index contributed by atoms with van der Waals surface area (Å²) in [6.07, 6.45) is 4.74. The SMILES string of the molecule is C=CCN(C(=O)C1N([C@@H](CO)C(C)C)C(=O)[C@@H]2[C@H](C(=O)N(CC=C)c3ccc(OCC)cc3)[C@]3(CC)CCC12O3)c1ccc(OC)cc1. The Morgan fingerprint density at radius 2 is 1.54 bits per heavy atom. The molecule has 2 aromatic rings. The Balaban J connectivity index is 1.63. The molecule has 0 aliphatic carbocycles. The normalized spacial score (nSPS) is 26.3. The molecule has 0 saturated carbocycles. The highest BCUT2D eigenvalue weighted by Gasteiger charge is 2.79. The van der Waals surface area contributed by atoms with Crippen LogP contribution in [0.2, 0.25) is 0 Å². The Kier molecular flexibility index (Phi) is 10.4. The quantitative estimate of drug-likeness (QED) is 0.268. The Morgan fingerprint density at radius 3 is 2.02 bits per heavy atom. The lowest BCUT2D eigenvalue weighted by Gasteiger charge is -2.40. The van der Waals surface area contributed by atoms with Crippen molar-refractivity contribution in [2.75, 3.05) is 43.2 Å². The summed E-state index contributed by atoms with van der Waals surface area (Å²) < 4.78 is 18.0. The minimum absolute atomic E-state index is 0.175. The van der Waals surface area contributed by atoms with Crippen molar-refractivity contribution in [2.45, 2.75) is 70.2 Å². The molecule has 48 heavy (non-hydrogen) atoms. The van der Waals surface area contributed by atoms with Crippen molar-refractivity contribution in [2.24, 2.45) is 17.8 Å². The number of carbonyl (C=O) groups is 3. The summed E-state index contributed by atoms with van der Waals surface area (Å²) in [6.45, 7) is 16.1. The van der Waals surface area contributed by atoms with Crippen LogP contribution in [-0.4, -0.2) is 84.4 Å². The predicted molar refractivity (Wildman–Crippen MR) is 185 cm³/mol. The fraction of sp³-hybridized carbons (Fsp3) is 0.500. The number of amides is 3. The van der Waals surface area contributed by atoms with Crippen LogP contribution in [-0.2, 0) is 19.1 Å². The summed E-state index contributed by atoms with van der Waals surface area (Å²) in [6, 6.07) is 12.7. The van der Waals surface area contributed by atoms with Crippen LogP contribution in [0.4, 0.5) is 11.4 Å². The van der Waals surface area contributed by atoms with Crippen LogP contribution in [0.25, 0.3) is 0 Å². The van der Waals surface area contributed by atoms with E-state index in [2.05, 4.69) is 13.2 Å². The van der Waals surface area contributed by atoms with Crippen molar-refractivity contribution >= 4 is 29.1 Å². The van der Waals surface area contributed by atoms with Crippen LogP contribution in [0.5, 0.6) is 11.5 Å². The minimum atomic E-state index is -1.27. The number of methoxy groups -OCH3 is 1. The molecular weight excluding hydrogens is 610 g/mol. The Morgan fingerprint density at radius 1 is 0.979 bits per heavy atom. The van der Waals surface area contributed by atoms with Gasteiger partial charge in [-0.15, -0.1) is 13.2 Å². The van der Waals surface area contributed by atoms with E-state index in [0.29, 0.717) is 48.7 Å². The van der Waals surface area contributed by atoms with E-state index in [-0.39, 0.29) is 43.3 Å². The Labute approximate surface area is 283 Å². The second kappa shape index (κ2) is 14.1. The van der Waals surface area contributed by atoms with Gasteiger partial charge in [0.25, 0.3) is 5.91 Å². The van der Waals surface area contributed by atoms with Gasteiger partial charge in [0.1, 0.15) is 23.1 Å². The molecular formula is C38H49N3O7. The molecule has 3 aliphatic rings. The van der Waals surface area contributed by atoms with Crippen molar-refractivity contribution < 1.29 is 33.7 Å². The van der Waals surface area contributed by atoms with Crippen LogP contribution in [0.15, 0.2) is 73.8 Å². The number of hydrogen-bond acceptors (Lipinski definition) is 7. The maximum absolute atomic E-state index is 15.0. The molecule has 3 amide bonds. The average molecular weight is 660 g/mol. The molecule has 2 aromatic carbocycles. The number of benzene rings is 2. The average Bonchev–Trinajstić information content (AvgIpc) is 3.70. The van der Waals surface area contributed by atoms with Gasteiger partial charge in [0.15, 0.2) is 0 Å². The topological polar surface area (TPSA) is 109 Å². The molecule has 2 bridgehead atoms. The van der Waals surface area contributed by atoms with Gasteiger partial charge in [0.05, 0.1) is 43.8 Å². The van der Waals surface area contributed by atoms with E-state index < -0.39 is 35.1 Å². The van der Waals surface area contributed by atoms with E-state index in [0.717, 1.165) is 0 Å². The molecule has 2 unspecified atom stereocenters. The van der Waals surface area contributed by atoms with Gasteiger partial charge < -0.3 is 34.0 Å². The van der Waals surface area contributed by atoms with Gasteiger partial charge in [-0.05, 0) is 80.6 Å². The summed E-state index contributed by atoms with van der Waals surface area (Å²) in [5, 5.41) is 10.7. The van der Waals surface area contributed by atoms with E-state index in [9.17, 15) is 19.5 Å². The zero-order valence-corrected chi connectivity index (χ0v) is 28.8. The van der Waals surface area contributed by atoms with Crippen molar-refractivity contribution in [3.63, 3.8) is 0 Å². The number of rotatable bonds is 15. The molecule has 3 saturated heterocycles. The maximum atomic E-state index is 15.0. The second-order valence-electron chi connectivity index (χ2n) is 13.2. The highest BCUT2D eigenvalue weighted by molar-refractivity contribution is 6.07. The fourth-order valence-electron chi connectivity index (χ4n) is 8.16. The van der Waals surface area contributed by atoms with Crippen molar-refractivity contribution in [1.82, 2.24) is 4.90 Å². The zero-order valence-electron chi connectivity index (χ0n) is 28.8. The first kappa shape index (κ1) is 35.2. The second-order valence-corrected chi connectivity index (χ2v) is 13.2. The third kappa shape index (κ3) is 5.68. The summed E-state index contributed by atoms with van der Waals surface area (Å²) in [7, 11) is 1.57. The van der Waals surface area contributed by atoms with Gasteiger partial charge in [0.2, 0.25) is 11.8 Å². The van der Waals surface area contributed by atoms with E-state index >= 15 is 0 Å². The summed E-state index contributed by atoms with van der Waals surface area (Å²) in [4.78, 5) is 49.6. The summed E-state index contributed by atoms with van der Waals surface area (Å²) >= 11 is 0. The van der Waals surface area contributed by atoms with E-state index in [4.69, 9.17) is 14.2 Å². The number of nitrogens with zero attached hydrogens (tertiary/aromatic N) is 3. The number of fused-ring (bicyclic) bond motifs is 1. The predicted octanol–water partition coefficient (Wildman–Crippen LogP) is 5.00. The highest BCUT2D eigenvalue weighted by Crippen LogP contribution is 2.65. The van der Waals surface area contributed by atoms with Gasteiger partial charge in [0, 0.05) is 24.5 Å². The Bertz CT molecular complexity index is 1510. The number of carbonyl (C=O) groups excluding carboxylic acids is 3. The molecule has 1 N–H and O–H groups in total. The summed E-state index contributed by atoms with van der Waals surface area (Å²) in [5.41, 5.74) is -0.954. The molecule has 10 heteroatoms. The summed E-state index contributed by atoms with van der Waals surface area (Å²) in [5.74, 6) is -1.55. The monoisotopic (exact) mass is 659 g/mol. The van der Waals surface area contributed by atoms with Crippen LogP contribution in [0.3, 0.4) is 0 Å². The molecule has 0 radical (unpaired) electrons. The Hall–Kier alpha value is -4.15. The van der Waals surface area contributed by atoms with Gasteiger partial charge in [-0.25, -0.2) is 0 Å². The van der Waals surface area contributed by atoms with Crippen LogP contribution in [0, 0.1) is 17.8 Å². The standard InChI is InChI=1S/C38H49N3O7/c1-8-22-39(26-14-18-29(19-15-26)47-11-4)34(43)31-32-35(44)41(30(24-42)25(5)6)33(38(32)21-20-37(31,10-3)48-38)36(45)40(23-9-2)27-12-16-28(46-7)17-13-27/h8-9,12-19,25,30-33,42H,1-2,10-11,20-24H2,3-7H3/t30-,31+,32-,33?,37-,38?/m0/s1. The lowest BCUT2D eigenvalue weighted by atomic mass is 9.64. The first-order valence-electron chi connectivity index (χ1n) is 16.9. The molecule has 258 valence electrons. The number of anilines is 2. The van der Waals surface area contributed by atoms with Gasteiger partial charge >= 0.3 is 0 Å². The number of likely N-dealkylation sites (tertiary alicyclic amines) is 1. The van der Waals surface area contributed by atoms with Gasteiger partial charge in [-0.1, -0.05) is 32.9 Å². The molecule has 3 heterocycles. The van der Waals surface area contributed by atoms with Crippen LogP contribution < -0.4 is 19.3 Å². The van der Waals surface area contributed by atoms with Crippen LogP contribution in [0.1, 0.15) is 47.0 Å². The van der Waals surface area contributed by atoms with Crippen molar-refractivity contribution in [1.29, 1.82) is 0 Å². The van der Waals surface area contributed by atoms with E-state index in [1.165, 1.54) is 4.90 Å². The third-order valence-electron chi connectivity index (χ3n) is 10.4. The molecule has 1 spiro atoms. The number of aliphatic hydroxyl groups excluding tert-OH is 1. The molecule has 0 aromatic heterocycles. The lowest BCUT2D eigenvalue weighted by molar-refractivity contribution is -0.150. The maximum Gasteiger partial charge on any atom is 0.253 e. The molecule has 3 aliphatic heterocycles. The molecule has 6 atom stereocenters. The minimum Gasteiger partial charge on any atom is -0.497 e. The third-order valence-corrected chi connectivity index (χ3v) is 10.4. The molecule has 10 nitrogen and oxygen atoms in total. The highest BCUT2D eigenvalue weighted by atomic mass is 16.5. The van der Waals surface area contributed by atoms with Crippen molar-refractivity contribution in [3.8, 4) is 11.5 Å². The smallest absolute Gasteiger partial charge is 0.253 e. The van der Waals surface area contributed by atoms with E-state index in [1.54, 1.807) is 53.3 Å². The first-order valence-corrected chi connectivity index (χ1v) is 16.9. The fourth-order valence-corrected chi connectivity index (χ4v) is 8.16. The molecule has 3 fully saturated rings. The zero-order chi connectivity index (χ0) is 34.8. The van der Waals surface area contributed by atoms with Gasteiger partial charge in [-0.3, -0.25) is 14.4 Å². The van der Waals surface area contributed by atoms with Gasteiger partial charge in [-0.2, -0.15) is 0 Å². The van der Waals surface area contributed by atoms with Crippen molar-refractivity contribution in [3.05, 3.63) is 73.8 Å². The largest absolute Gasteiger partial charge is 0.497 e. The lowest BCUT2D eigenvalue weighted by Crippen LogP contribution is -2.60. The van der Waals surface area contributed by atoms with E-state index in [1.807, 2.05) is 52.0 Å². The number of hydrogen-bond donors (Lipinski definition) is 1. The number of aliphatic hydroxyl groups is 1. The number of ether oxygens (including phenoxy) is 3. The first-order chi connectivity index (χ1) is 23.1. The molecule has 5 rings (SSSR count). The van der Waals surface area contributed by atoms with Crippen LogP contribution >= 0.6 is 0 Å².